The number of carbonyl (C=O) groups excluding carboxylic acids is 1. The molecular formula is C17H12F6N2O2S. The zero-order valence-electron chi connectivity index (χ0n) is 14.1. The molecule has 28 heavy (non-hydrogen) atoms. The number of hydrogen-bond donors (Lipinski definition) is 1. The average Bonchev–Trinajstić information content (AvgIpc) is 2.62. The number of anilines is 1. The van der Waals surface area contributed by atoms with Crippen LogP contribution in [0.1, 0.15) is 5.56 Å². The molecule has 0 fully saturated rings. The molecule has 0 saturated heterocycles. The number of carbonyl (C=O) groups is 1. The first-order chi connectivity index (χ1) is 13.1. The van der Waals surface area contributed by atoms with Crippen LogP contribution in [0.5, 0.6) is 0 Å². The van der Waals surface area contributed by atoms with Crippen LogP contribution in [0.4, 0.5) is 36.8 Å². The Bertz CT molecular complexity index is 854. The standard InChI is InChI=1S/C17H12F6N2O2S/c1-27-14(13-11(18)3-2-4-12(13)19)25-16(26)24-9-5-7-10(8-6-9)28-17(22,23)15(20)21/h2-8,15H,1H3,(H,24,26)/b25-14-. The van der Waals surface area contributed by atoms with Crippen molar-refractivity contribution in [1.29, 1.82) is 0 Å². The van der Waals surface area contributed by atoms with Gasteiger partial charge in [-0.2, -0.15) is 13.8 Å². The summed E-state index contributed by atoms with van der Waals surface area (Å²) in [6.45, 7) is 0. The minimum absolute atomic E-state index is 0.0860. The second kappa shape index (κ2) is 9.00. The van der Waals surface area contributed by atoms with Crippen LogP contribution in [-0.2, 0) is 4.74 Å². The minimum Gasteiger partial charge on any atom is -0.480 e. The average molecular weight is 422 g/mol. The number of urea groups is 1. The lowest BCUT2D eigenvalue weighted by Gasteiger charge is -2.14. The number of alkyl halides is 4. The highest BCUT2D eigenvalue weighted by atomic mass is 32.2. The van der Waals surface area contributed by atoms with Gasteiger partial charge in [0.1, 0.15) is 17.2 Å². The summed E-state index contributed by atoms with van der Waals surface area (Å²) in [5.41, 5.74) is -0.552. The van der Waals surface area contributed by atoms with E-state index in [-0.39, 0.29) is 22.3 Å². The predicted molar refractivity (Wildman–Crippen MR) is 92.2 cm³/mol. The quantitative estimate of drug-likeness (QED) is 0.298. The summed E-state index contributed by atoms with van der Waals surface area (Å²) in [5, 5.41) is -2.03. The third-order valence-electron chi connectivity index (χ3n) is 3.19. The van der Waals surface area contributed by atoms with Crippen LogP contribution in [0, 0.1) is 11.6 Å². The molecule has 150 valence electrons. The molecule has 0 unspecified atom stereocenters. The van der Waals surface area contributed by atoms with Crippen molar-refractivity contribution in [2.45, 2.75) is 16.6 Å². The van der Waals surface area contributed by atoms with Gasteiger partial charge in [-0.3, -0.25) is 0 Å². The van der Waals surface area contributed by atoms with Crippen molar-refractivity contribution in [3.8, 4) is 0 Å². The number of hydrogen-bond acceptors (Lipinski definition) is 3. The Morgan fingerprint density at radius 2 is 1.68 bits per heavy atom. The van der Waals surface area contributed by atoms with E-state index in [1.807, 2.05) is 0 Å². The highest BCUT2D eigenvalue weighted by Crippen LogP contribution is 2.40. The summed E-state index contributed by atoms with van der Waals surface area (Å²) >= 11 is -0.331. The zero-order valence-corrected chi connectivity index (χ0v) is 14.9. The molecule has 0 spiro atoms. The molecule has 11 heteroatoms. The second-order valence-corrected chi connectivity index (χ2v) is 6.36. The van der Waals surface area contributed by atoms with Crippen LogP contribution < -0.4 is 5.32 Å². The molecule has 0 aliphatic rings. The fourth-order valence-corrected chi connectivity index (χ4v) is 2.63. The van der Waals surface area contributed by atoms with E-state index in [9.17, 15) is 31.1 Å². The van der Waals surface area contributed by atoms with E-state index in [2.05, 4.69) is 10.3 Å². The Kier molecular flexibility index (Phi) is 6.95. The first-order valence-electron chi connectivity index (χ1n) is 7.47. The second-order valence-electron chi connectivity index (χ2n) is 5.14. The van der Waals surface area contributed by atoms with Crippen molar-refractivity contribution in [2.75, 3.05) is 12.4 Å². The number of nitrogens with one attached hydrogen (secondary N) is 1. The van der Waals surface area contributed by atoms with Gasteiger partial charge in [-0.05, 0) is 48.2 Å². The van der Waals surface area contributed by atoms with Crippen molar-refractivity contribution >= 4 is 29.4 Å². The fourth-order valence-electron chi connectivity index (χ4n) is 1.96. The van der Waals surface area contributed by atoms with Crippen molar-refractivity contribution in [2.24, 2.45) is 4.99 Å². The molecule has 2 rings (SSSR count). The van der Waals surface area contributed by atoms with E-state index >= 15 is 0 Å². The maximum atomic E-state index is 13.8. The lowest BCUT2D eigenvalue weighted by molar-refractivity contribution is -0.0563. The Labute approximate surface area is 159 Å². The third kappa shape index (κ3) is 5.41. The lowest BCUT2D eigenvalue weighted by Crippen LogP contribution is -2.21. The Hall–Kier alpha value is -2.69. The SMILES string of the molecule is CO/C(=N\C(=O)Nc1ccc(SC(F)(F)C(F)F)cc1)c1c(F)cccc1F. The van der Waals surface area contributed by atoms with Gasteiger partial charge in [0.15, 0.2) is 0 Å². The maximum Gasteiger partial charge on any atom is 0.357 e. The van der Waals surface area contributed by atoms with E-state index < -0.39 is 40.8 Å². The molecule has 0 radical (unpaired) electrons. The molecule has 0 heterocycles. The number of ether oxygens (including phenoxy) is 1. The molecule has 0 aromatic heterocycles. The third-order valence-corrected chi connectivity index (χ3v) is 4.14. The smallest absolute Gasteiger partial charge is 0.357 e. The van der Waals surface area contributed by atoms with Gasteiger partial charge in [-0.1, -0.05) is 6.07 Å². The highest BCUT2D eigenvalue weighted by molar-refractivity contribution is 8.00. The Morgan fingerprint density at radius 3 is 2.18 bits per heavy atom. The van der Waals surface area contributed by atoms with Gasteiger partial charge in [0.2, 0.25) is 5.90 Å². The van der Waals surface area contributed by atoms with Crippen molar-refractivity contribution < 1.29 is 35.9 Å². The van der Waals surface area contributed by atoms with Crippen molar-refractivity contribution in [3.63, 3.8) is 0 Å². The van der Waals surface area contributed by atoms with Crippen LogP contribution in [0.3, 0.4) is 0 Å². The number of halogens is 6. The van der Waals surface area contributed by atoms with Crippen LogP contribution in [-0.4, -0.2) is 30.7 Å². The van der Waals surface area contributed by atoms with Crippen LogP contribution >= 0.6 is 11.8 Å². The molecule has 1 N–H and O–H groups in total. The lowest BCUT2D eigenvalue weighted by atomic mass is 10.2. The molecule has 2 aromatic rings. The summed E-state index contributed by atoms with van der Waals surface area (Å²) in [5.74, 6) is -2.60. The molecule has 2 amide bonds. The van der Waals surface area contributed by atoms with Gasteiger partial charge in [-0.25, -0.2) is 22.4 Å². The minimum atomic E-state index is -4.26. The summed E-state index contributed by atoms with van der Waals surface area (Å²) < 4.78 is 82.6. The first kappa shape index (κ1) is 21.6. The van der Waals surface area contributed by atoms with Gasteiger partial charge in [-0.15, -0.1) is 0 Å². The maximum absolute atomic E-state index is 13.8. The van der Waals surface area contributed by atoms with Gasteiger partial charge in [0, 0.05) is 10.6 Å². The van der Waals surface area contributed by atoms with Crippen LogP contribution in [0.25, 0.3) is 0 Å². The van der Waals surface area contributed by atoms with E-state index in [0.717, 1.165) is 37.4 Å². The highest BCUT2D eigenvalue weighted by Gasteiger charge is 2.41. The van der Waals surface area contributed by atoms with E-state index in [0.29, 0.717) is 0 Å². The molecule has 4 nitrogen and oxygen atoms in total. The molecule has 2 aromatic carbocycles. The van der Waals surface area contributed by atoms with Crippen LogP contribution in [0.2, 0.25) is 0 Å². The van der Waals surface area contributed by atoms with E-state index in [1.54, 1.807) is 0 Å². The topological polar surface area (TPSA) is 50.7 Å². The van der Waals surface area contributed by atoms with Gasteiger partial charge >= 0.3 is 17.7 Å². The molecule has 0 bridgehead atoms. The number of aliphatic imine (C=N–C) groups is 1. The Morgan fingerprint density at radius 1 is 1.11 bits per heavy atom. The number of benzene rings is 2. The van der Waals surface area contributed by atoms with Gasteiger partial charge in [0.25, 0.3) is 0 Å². The molecule has 0 atom stereocenters. The van der Waals surface area contributed by atoms with E-state index in [1.165, 1.54) is 12.1 Å². The number of amides is 2. The Balaban J connectivity index is 2.13. The number of nitrogens with zero attached hydrogens (tertiary/aromatic N) is 1. The summed E-state index contributed by atoms with van der Waals surface area (Å²) in [6, 6.07) is 6.51. The van der Waals surface area contributed by atoms with Crippen molar-refractivity contribution in [1.82, 2.24) is 0 Å². The van der Waals surface area contributed by atoms with E-state index in [4.69, 9.17) is 4.74 Å². The number of rotatable bonds is 5. The first-order valence-corrected chi connectivity index (χ1v) is 8.28. The molecule has 0 saturated carbocycles. The molecule has 0 aliphatic heterocycles. The number of thioether (sulfide) groups is 1. The predicted octanol–water partition coefficient (Wildman–Crippen LogP) is 5.54. The van der Waals surface area contributed by atoms with Gasteiger partial charge < -0.3 is 10.1 Å². The molecular weight excluding hydrogens is 410 g/mol. The van der Waals surface area contributed by atoms with Crippen LogP contribution in [0.15, 0.2) is 52.4 Å². The fraction of sp³-hybridized carbons (Fsp3) is 0.176. The summed E-state index contributed by atoms with van der Waals surface area (Å²) in [4.78, 5) is 15.2. The zero-order chi connectivity index (χ0) is 20.9. The monoisotopic (exact) mass is 422 g/mol. The van der Waals surface area contributed by atoms with Crippen molar-refractivity contribution in [3.05, 3.63) is 59.7 Å². The number of methoxy groups -OCH3 is 1. The van der Waals surface area contributed by atoms with Gasteiger partial charge in [0.05, 0.1) is 7.11 Å². The largest absolute Gasteiger partial charge is 0.480 e. The summed E-state index contributed by atoms with van der Waals surface area (Å²) in [6.07, 6.45) is -3.84. The normalized spacial score (nSPS) is 12.2. The molecule has 0 aliphatic carbocycles. The summed E-state index contributed by atoms with van der Waals surface area (Å²) in [7, 11) is 1.06.